The van der Waals surface area contributed by atoms with Crippen molar-refractivity contribution >= 4 is 11.8 Å². The molecule has 27 heavy (non-hydrogen) atoms. The summed E-state index contributed by atoms with van der Waals surface area (Å²) in [6.45, 7) is 14.2. The van der Waals surface area contributed by atoms with Crippen LogP contribution in [-0.2, 0) is 9.59 Å². The second-order valence-electron chi connectivity index (χ2n) is 10.2. The quantitative estimate of drug-likeness (QED) is 0.759. The van der Waals surface area contributed by atoms with E-state index in [0.29, 0.717) is 5.92 Å². The molecule has 3 fully saturated rings. The minimum atomic E-state index is -0.418. The minimum absolute atomic E-state index is 0.120. The standard InChI is InChI=1S/C22H39N3O2/c1-17-9-13-23(14-10-17)15-18-7-5-11-24(16-18)20(26)19-8-6-12-25(19)21(27)22(2,3)4/h17-19H,5-16H2,1-4H3. The van der Waals surface area contributed by atoms with Gasteiger partial charge in [-0.15, -0.1) is 0 Å². The van der Waals surface area contributed by atoms with Crippen molar-refractivity contribution < 1.29 is 9.59 Å². The zero-order valence-electron chi connectivity index (χ0n) is 17.9. The molecule has 3 heterocycles. The number of hydrogen-bond acceptors (Lipinski definition) is 3. The molecular formula is C22H39N3O2. The molecule has 0 N–H and O–H groups in total. The van der Waals surface area contributed by atoms with Crippen molar-refractivity contribution in [2.45, 2.75) is 72.3 Å². The highest BCUT2D eigenvalue weighted by Gasteiger charge is 2.41. The topological polar surface area (TPSA) is 43.9 Å². The molecule has 154 valence electrons. The highest BCUT2D eigenvalue weighted by atomic mass is 16.2. The van der Waals surface area contributed by atoms with Crippen LogP contribution in [0.1, 0.15) is 66.2 Å². The molecular weight excluding hydrogens is 338 g/mol. The van der Waals surface area contributed by atoms with Crippen LogP contribution in [0.15, 0.2) is 0 Å². The molecule has 3 rings (SSSR count). The van der Waals surface area contributed by atoms with E-state index in [1.807, 2.05) is 25.7 Å². The Balaban J connectivity index is 1.57. The number of hydrogen-bond donors (Lipinski definition) is 0. The number of rotatable bonds is 3. The molecule has 3 saturated heterocycles. The molecule has 2 amide bonds. The van der Waals surface area contributed by atoms with Crippen molar-refractivity contribution in [3.8, 4) is 0 Å². The number of amides is 2. The molecule has 0 saturated carbocycles. The van der Waals surface area contributed by atoms with Crippen molar-refractivity contribution in [2.24, 2.45) is 17.3 Å². The zero-order valence-corrected chi connectivity index (χ0v) is 17.9. The minimum Gasteiger partial charge on any atom is -0.341 e. The number of carbonyl (C=O) groups is 2. The monoisotopic (exact) mass is 377 g/mol. The van der Waals surface area contributed by atoms with E-state index in [9.17, 15) is 9.59 Å². The zero-order chi connectivity index (χ0) is 19.6. The molecule has 0 aromatic rings. The molecule has 2 atom stereocenters. The largest absolute Gasteiger partial charge is 0.341 e. The summed E-state index contributed by atoms with van der Waals surface area (Å²) in [5.41, 5.74) is -0.418. The Bertz CT molecular complexity index is 534. The van der Waals surface area contributed by atoms with Crippen molar-refractivity contribution in [2.75, 3.05) is 39.3 Å². The summed E-state index contributed by atoms with van der Waals surface area (Å²) in [6, 6.07) is -0.230. The predicted octanol–water partition coefficient (Wildman–Crippen LogP) is 2.99. The summed E-state index contributed by atoms with van der Waals surface area (Å²) in [5, 5.41) is 0. The Labute approximate surface area is 165 Å². The molecule has 3 aliphatic heterocycles. The SMILES string of the molecule is CC1CCN(CC2CCCN(C(=O)C3CCCN3C(=O)C(C)(C)C)C2)CC1. The number of piperidine rings is 2. The van der Waals surface area contributed by atoms with Crippen LogP contribution in [0.25, 0.3) is 0 Å². The summed E-state index contributed by atoms with van der Waals surface area (Å²) < 4.78 is 0. The van der Waals surface area contributed by atoms with E-state index in [-0.39, 0.29) is 17.9 Å². The van der Waals surface area contributed by atoms with Gasteiger partial charge in [0.05, 0.1) is 0 Å². The molecule has 0 aromatic carbocycles. The first-order chi connectivity index (χ1) is 12.8. The van der Waals surface area contributed by atoms with Gasteiger partial charge in [-0.2, -0.15) is 0 Å². The Morgan fingerprint density at radius 1 is 0.926 bits per heavy atom. The fraction of sp³-hybridized carbons (Fsp3) is 0.909. The highest BCUT2D eigenvalue weighted by molar-refractivity contribution is 5.90. The first-order valence-electron chi connectivity index (χ1n) is 11.1. The number of carbonyl (C=O) groups excluding carboxylic acids is 2. The lowest BCUT2D eigenvalue weighted by atomic mass is 9.93. The van der Waals surface area contributed by atoms with E-state index < -0.39 is 5.41 Å². The fourth-order valence-electron chi connectivity index (χ4n) is 4.93. The average Bonchev–Trinajstić information content (AvgIpc) is 3.11. The van der Waals surface area contributed by atoms with Crippen LogP contribution < -0.4 is 0 Å². The first-order valence-corrected chi connectivity index (χ1v) is 11.1. The summed E-state index contributed by atoms with van der Waals surface area (Å²) in [7, 11) is 0. The van der Waals surface area contributed by atoms with Gasteiger partial charge in [0.15, 0.2) is 0 Å². The smallest absolute Gasteiger partial charge is 0.245 e. The second-order valence-corrected chi connectivity index (χ2v) is 10.2. The summed E-state index contributed by atoms with van der Waals surface area (Å²) >= 11 is 0. The maximum absolute atomic E-state index is 13.2. The molecule has 0 bridgehead atoms. The molecule has 0 spiro atoms. The van der Waals surface area contributed by atoms with Gasteiger partial charge in [0, 0.05) is 31.6 Å². The van der Waals surface area contributed by atoms with Gasteiger partial charge in [0.1, 0.15) is 6.04 Å². The lowest BCUT2D eigenvalue weighted by Crippen LogP contribution is -2.53. The predicted molar refractivity (Wildman–Crippen MR) is 108 cm³/mol. The van der Waals surface area contributed by atoms with E-state index in [0.717, 1.165) is 51.4 Å². The molecule has 3 aliphatic rings. The van der Waals surface area contributed by atoms with Crippen LogP contribution in [0.2, 0.25) is 0 Å². The van der Waals surface area contributed by atoms with Gasteiger partial charge < -0.3 is 14.7 Å². The lowest BCUT2D eigenvalue weighted by molar-refractivity contribution is -0.149. The average molecular weight is 378 g/mol. The van der Waals surface area contributed by atoms with Crippen LogP contribution in [0.5, 0.6) is 0 Å². The Hall–Kier alpha value is -1.10. The van der Waals surface area contributed by atoms with Gasteiger partial charge >= 0.3 is 0 Å². The number of nitrogens with zero attached hydrogens (tertiary/aromatic N) is 3. The Kier molecular flexibility index (Phi) is 6.50. The highest BCUT2D eigenvalue weighted by Crippen LogP contribution is 2.28. The van der Waals surface area contributed by atoms with Crippen LogP contribution in [0, 0.1) is 17.3 Å². The molecule has 0 radical (unpaired) electrons. The van der Waals surface area contributed by atoms with Gasteiger partial charge in [-0.1, -0.05) is 27.7 Å². The van der Waals surface area contributed by atoms with E-state index in [1.54, 1.807) is 0 Å². The van der Waals surface area contributed by atoms with Crippen LogP contribution in [-0.4, -0.2) is 71.8 Å². The van der Waals surface area contributed by atoms with Crippen LogP contribution >= 0.6 is 0 Å². The normalized spacial score (nSPS) is 28.6. The molecule has 5 heteroatoms. The van der Waals surface area contributed by atoms with Gasteiger partial charge in [-0.05, 0) is 63.5 Å². The van der Waals surface area contributed by atoms with Crippen molar-refractivity contribution in [3.05, 3.63) is 0 Å². The summed E-state index contributed by atoms with van der Waals surface area (Å²) in [6.07, 6.45) is 6.71. The van der Waals surface area contributed by atoms with E-state index in [1.165, 1.54) is 32.4 Å². The van der Waals surface area contributed by atoms with Gasteiger partial charge in [0.2, 0.25) is 11.8 Å². The number of likely N-dealkylation sites (tertiary alicyclic amines) is 3. The molecule has 0 aromatic heterocycles. The molecule has 5 nitrogen and oxygen atoms in total. The Morgan fingerprint density at radius 2 is 1.59 bits per heavy atom. The summed E-state index contributed by atoms with van der Waals surface area (Å²) in [4.78, 5) is 32.5. The first kappa shape index (κ1) is 20.6. The maximum Gasteiger partial charge on any atom is 0.245 e. The van der Waals surface area contributed by atoms with Crippen molar-refractivity contribution in [3.63, 3.8) is 0 Å². The third-order valence-electron chi connectivity index (χ3n) is 6.66. The maximum atomic E-state index is 13.2. The fourth-order valence-corrected chi connectivity index (χ4v) is 4.93. The summed E-state index contributed by atoms with van der Waals surface area (Å²) in [5.74, 6) is 1.76. The van der Waals surface area contributed by atoms with E-state index in [4.69, 9.17) is 0 Å². The van der Waals surface area contributed by atoms with Gasteiger partial charge in [-0.25, -0.2) is 0 Å². The van der Waals surface area contributed by atoms with Crippen molar-refractivity contribution in [1.29, 1.82) is 0 Å². The van der Waals surface area contributed by atoms with Crippen molar-refractivity contribution in [1.82, 2.24) is 14.7 Å². The third-order valence-corrected chi connectivity index (χ3v) is 6.66. The van der Waals surface area contributed by atoms with Crippen LogP contribution in [0.4, 0.5) is 0 Å². The van der Waals surface area contributed by atoms with E-state index >= 15 is 0 Å². The van der Waals surface area contributed by atoms with Gasteiger partial charge in [0.25, 0.3) is 0 Å². The molecule has 2 unspecified atom stereocenters. The van der Waals surface area contributed by atoms with Gasteiger partial charge in [-0.3, -0.25) is 9.59 Å². The van der Waals surface area contributed by atoms with E-state index in [2.05, 4.69) is 16.7 Å². The second kappa shape index (κ2) is 8.50. The van der Waals surface area contributed by atoms with Crippen LogP contribution in [0.3, 0.4) is 0 Å². The lowest BCUT2D eigenvalue weighted by Gasteiger charge is -2.40. The Morgan fingerprint density at radius 3 is 2.26 bits per heavy atom. The molecule has 0 aliphatic carbocycles. The third kappa shape index (κ3) is 5.04.